The summed E-state index contributed by atoms with van der Waals surface area (Å²) in [4.78, 5) is 2.32. The third-order valence-corrected chi connectivity index (χ3v) is 3.14. The number of nitrogens with zero attached hydrogens (tertiary/aromatic N) is 1. The van der Waals surface area contributed by atoms with Gasteiger partial charge < -0.3 is 15.3 Å². The van der Waals surface area contributed by atoms with E-state index in [0.29, 0.717) is 12.6 Å². The van der Waals surface area contributed by atoms with Crippen molar-refractivity contribution >= 4 is 17.3 Å². The average molecular weight is 241 g/mol. The average Bonchev–Trinajstić information content (AvgIpc) is 2.75. The van der Waals surface area contributed by atoms with Crippen LogP contribution in [0.15, 0.2) is 24.3 Å². The zero-order valence-corrected chi connectivity index (χ0v) is 9.95. The molecule has 88 valence electrons. The Morgan fingerprint density at radius 1 is 1.50 bits per heavy atom. The predicted molar refractivity (Wildman–Crippen MR) is 67.2 cm³/mol. The van der Waals surface area contributed by atoms with Gasteiger partial charge in [0.2, 0.25) is 0 Å². The van der Waals surface area contributed by atoms with Gasteiger partial charge in [0.05, 0.1) is 6.61 Å². The lowest BCUT2D eigenvalue weighted by atomic mass is 10.2. The zero-order valence-electron chi connectivity index (χ0n) is 9.19. The Bertz CT molecular complexity index is 346. The van der Waals surface area contributed by atoms with Gasteiger partial charge in [0.15, 0.2) is 0 Å². The fourth-order valence-electron chi connectivity index (χ4n) is 2.10. The minimum atomic E-state index is 0.202. The smallest absolute Gasteiger partial charge is 0.0556 e. The molecule has 1 heterocycles. The van der Waals surface area contributed by atoms with Crippen LogP contribution in [0.3, 0.4) is 0 Å². The molecule has 0 aliphatic carbocycles. The van der Waals surface area contributed by atoms with Crippen LogP contribution in [0.25, 0.3) is 0 Å². The van der Waals surface area contributed by atoms with Crippen LogP contribution in [0, 0.1) is 0 Å². The van der Waals surface area contributed by atoms with Crippen molar-refractivity contribution in [1.82, 2.24) is 5.32 Å². The second-order valence-electron chi connectivity index (χ2n) is 4.09. The summed E-state index contributed by atoms with van der Waals surface area (Å²) in [5.41, 5.74) is 1.18. The lowest BCUT2D eigenvalue weighted by Gasteiger charge is -2.19. The van der Waals surface area contributed by atoms with E-state index in [1.807, 2.05) is 18.2 Å². The van der Waals surface area contributed by atoms with E-state index in [1.54, 1.807) is 0 Å². The van der Waals surface area contributed by atoms with Crippen LogP contribution in [0.4, 0.5) is 5.69 Å². The van der Waals surface area contributed by atoms with Crippen molar-refractivity contribution in [1.29, 1.82) is 0 Å². The number of anilines is 1. The molecule has 1 atom stereocenters. The van der Waals surface area contributed by atoms with Crippen LogP contribution >= 0.6 is 11.6 Å². The van der Waals surface area contributed by atoms with Gasteiger partial charge in [0.1, 0.15) is 0 Å². The molecule has 0 aromatic heterocycles. The van der Waals surface area contributed by atoms with E-state index in [1.165, 1.54) is 5.69 Å². The van der Waals surface area contributed by atoms with Gasteiger partial charge in [-0.15, -0.1) is 0 Å². The van der Waals surface area contributed by atoms with Gasteiger partial charge in [-0.1, -0.05) is 17.7 Å². The molecular weight excluding hydrogens is 224 g/mol. The van der Waals surface area contributed by atoms with Crippen molar-refractivity contribution in [3.63, 3.8) is 0 Å². The Labute approximate surface area is 101 Å². The third kappa shape index (κ3) is 2.88. The summed E-state index contributed by atoms with van der Waals surface area (Å²) in [6, 6.07) is 8.43. The second-order valence-corrected chi connectivity index (χ2v) is 4.53. The van der Waals surface area contributed by atoms with Gasteiger partial charge in [0.25, 0.3) is 0 Å². The lowest BCUT2D eigenvalue weighted by molar-refractivity contribution is 0.286. The Kier molecular flexibility index (Phi) is 4.04. The molecule has 1 unspecified atom stereocenters. The number of halogens is 1. The molecule has 1 aliphatic heterocycles. The van der Waals surface area contributed by atoms with Crippen LogP contribution in [0.5, 0.6) is 0 Å². The molecule has 1 aromatic rings. The molecular formula is C12H17ClN2O. The molecule has 0 bridgehead atoms. The molecule has 3 nitrogen and oxygen atoms in total. The van der Waals surface area contributed by atoms with Gasteiger partial charge in [-0.25, -0.2) is 0 Å². The highest BCUT2D eigenvalue weighted by molar-refractivity contribution is 6.30. The van der Waals surface area contributed by atoms with Crippen LogP contribution in [0.2, 0.25) is 5.02 Å². The fourth-order valence-corrected chi connectivity index (χ4v) is 2.29. The summed E-state index contributed by atoms with van der Waals surface area (Å²) in [7, 11) is 0. The summed E-state index contributed by atoms with van der Waals surface area (Å²) in [6.07, 6.45) is 1.12. The molecule has 1 saturated heterocycles. The molecule has 1 fully saturated rings. The molecule has 1 aliphatic rings. The summed E-state index contributed by atoms with van der Waals surface area (Å²) >= 11 is 5.97. The zero-order chi connectivity index (χ0) is 11.4. The molecule has 0 spiro atoms. The van der Waals surface area contributed by atoms with E-state index >= 15 is 0 Å². The first-order valence-electron chi connectivity index (χ1n) is 5.64. The molecule has 0 saturated carbocycles. The first kappa shape index (κ1) is 11.7. The maximum atomic E-state index is 8.75. The van der Waals surface area contributed by atoms with Crippen LogP contribution < -0.4 is 10.2 Å². The van der Waals surface area contributed by atoms with Gasteiger partial charge in [-0.2, -0.15) is 0 Å². The van der Waals surface area contributed by atoms with Crippen LogP contribution in [0.1, 0.15) is 6.42 Å². The Morgan fingerprint density at radius 2 is 2.38 bits per heavy atom. The quantitative estimate of drug-likeness (QED) is 0.838. The van der Waals surface area contributed by atoms with Gasteiger partial charge in [-0.3, -0.25) is 0 Å². The van der Waals surface area contributed by atoms with Crippen molar-refractivity contribution in [2.45, 2.75) is 12.5 Å². The highest BCUT2D eigenvalue weighted by Crippen LogP contribution is 2.23. The Morgan fingerprint density at radius 3 is 3.12 bits per heavy atom. The highest BCUT2D eigenvalue weighted by Gasteiger charge is 2.21. The molecule has 0 amide bonds. The van der Waals surface area contributed by atoms with E-state index in [2.05, 4.69) is 16.3 Å². The number of nitrogens with one attached hydrogen (secondary N) is 1. The molecule has 2 N–H and O–H groups in total. The summed E-state index contributed by atoms with van der Waals surface area (Å²) < 4.78 is 0. The molecule has 0 radical (unpaired) electrons. The Hall–Kier alpha value is -0.770. The number of hydrogen-bond acceptors (Lipinski definition) is 3. The highest BCUT2D eigenvalue weighted by atomic mass is 35.5. The minimum absolute atomic E-state index is 0.202. The number of rotatable bonds is 4. The standard InChI is InChI=1S/C12H17ClN2O/c13-10-2-1-3-12(8-10)15-6-4-11(9-15)14-5-7-16/h1-3,8,11,14,16H,4-7,9H2. The van der Waals surface area contributed by atoms with Gasteiger partial charge in [-0.05, 0) is 24.6 Å². The van der Waals surface area contributed by atoms with Crippen molar-refractivity contribution in [2.75, 3.05) is 31.1 Å². The number of benzene rings is 1. The molecule has 2 rings (SSSR count). The van der Waals surface area contributed by atoms with E-state index in [0.717, 1.165) is 24.5 Å². The van der Waals surface area contributed by atoms with E-state index < -0.39 is 0 Å². The van der Waals surface area contributed by atoms with Crippen LogP contribution in [-0.4, -0.2) is 37.4 Å². The summed E-state index contributed by atoms with van der Waals surface area (Å²) in [5.74, 6) is 0. The van der Waals surface area contributed by atoms with Gasteiger partial charge >= 0.3 is 0 Å². The van der Waals surface area contributed by atoms with E-state index in [4.69, 9.17) is 16.7 Å². The first-order valence-corrected chi connectivity index (χ1v) is 6.02. The van der Waals surface area contributed by atoms with E-state index in [9.17, 15) is 0 Å². The summed E-state index contributed by atoms with van der Waals surface area (Å²) in [6.45, 7) is 2.91. The number of aliphatic hydroxyl groups excluding tert-OH is 1. The lowest BCUT2D eigenvalue weighted by Crippen LogP contribution is -2.34. The van der Waals surface area contributed by atoms with Crippen molar-refractivity contribution in [2.24, 2.45) is 0 Å². The fraction of sp³-hybridized carbons (Fsp3) is 0.500. The SMILES string of the molecule is OCCNC1CCN(c2cccc(Cl)c2)C1. The number of hydrogen-bond donors (Lipinski definition) is 2. The maximum Gasteiger partial charge on any atom is 0.0556 e. The minimum Gasteiger partial charge on any atom is -0.395 e. The second kappa shape index (κ2) is 5.53. The third-order valence-electron chi connectivity index (χ3n) is 2.91. The largest absolute Gasteiger partial charge is 0.395 e. The number of aliphatic hydroxyl groups is 1. The van der Waals surface area contributed by atoms with Crippen LogP contribution in [-0.2, 0) is 0 Å². The first-order chi connectivity index (χ1) is 7.79. The normalized spacial score (nSPS) is 20.4. The topological polar surface area (TPSA) is 35.5 Å². The monoisotopic (exact) mass is 240 g/mol. The molecule has 1 aromatic carbocycles. The maximum absolute atomic E-state index is 8.75. The Balaban J connectivity index is 1.93. The van der Waals surface area contributed by atoms with Gasteiger partial charge in [0, 0.05) is 36.4 Å². The van der Waals surface area contributed by atoms with Crippen molar-refractivity contribution in [3.05, 3.63) is 29.3 Å². The van der Waals surface area contributed by atoms with Crippen molar-refractivity contribution < 1.29 is 5.11 Å². The molecule has 4 heteroatoms. The molecule has 16 heavy (non-hydrogen) atoms. The summed E-state index contributed by atoms with van der Waals surface area (Å²) in [5, 5.41) is 12.9. The van der Waals surface area contributed by atoms with E-state index in [-0.39, 0.29) is 6.61 Å². The van der Waals surface area contributed by atoms with Crippen molar-refractivity contribution in [3.8, 4) is 0 Å². The predicted octanol–water partition coefficient (Wildman–Crippen LogP) is 1.50.